The molecule has 0 saturated carbocycles. The van der Waals surface area contributed by atoms with Crippen molar-refractivity contribution in [3.8, 4) is 22.8 Å². The lowest BCUT2D eigenvalue weighted by Crippen LogP contribution is -2.47. The molecule has 1 aromatic heterocycles. The average Bonchev–Trinajstić information content (AvgIpc) is 3.43. The first-order chi connectivity index (χ1) is 15.1. The number of aromatic nitrogens is 1. The molecular weight excluding hydrogens is 406 g/mol. The van der Waals surface area contributed by atoms with Gasteiger partial charge in [-0.05, 0) is 38.0 Å². The molecular formula is C21H25N3O7. The number of carbonyl (C=O) groups excluding carboxylic acids is 2. The Morgan fingerprint density at radius 1 is 1.19 bits per heavy atom. The number of piperidine rings is 1. The molecule has 2 aliphatic rings. The fourth-order valence-corrected chi connectivity index (χ4v) is 3.50. The van der Waals surface area contributed by atoms with Crippen molar-refractivity contribution < 1.29 is 33.1 Å². The van der Waals surface area contributed by atoms with Gasteiger partial charge in [0.05, 0.1) is 13.2 Å². The maximum Gasteiger partial charge on any atom is 0.409 e. The van der Waals surface area contributed by atoms with Gasteiger partial charge in [0, 0.05) is 30.8 Å². The van der Waals surface area contributed by atoms with Crippen molar-refractivity contribution in [2.75, 3.05) is 33.1 Å². The Morgan fingerprint density at radius 3 is 2.81 bits per heavy atom. The molecule has 4 rings (SSSR count). The van der Waals surface area contributed by atoms with Crippen molar-refractivity contribution in [2.45, 2.75) is 32.4 Å². The lowest BCUT2D eigenvalue weighted by molar-refractivity contribution is -0.127. The number of ether oxygens (including phenoxy) is 4. The summed E-state index contributed by atoms with van der Waals surface area (Å²) in [5.74, 6) is 1.74. The molecule has 0 unspecified atom stereocenters. The molecule has 3 heterocycles. The van der Waals surface area contributed by atoms with Crippen molar-refractivity contribution in [1.29, 1.82) is 0 Å². The third kappa shape index (κ3) is 5.26. The van der Waals surface area contributed by atoms with E-state index in [-0.39, 0.29) is 38.0 Å². The summed E-state index contributed by atoms with van der Waals surface area (Å²) in [7, 11) is 0. The Morgan fingerprint density at radius 2 is 2.00 bits per heavy atom. The average molecular weight is 431 g/mol. The van der Waals surface area contributed by atoms with Gasteiger partial charge in [-0.1, -0.05) is 5.16 Å². The summed E-state index contributed by atoms with van der Waals surface area (Å²) in [4.78, 5) is 25.5. The Balaban J connectivity index is 1.18. The molecule has 1 N–H and O–H groups in total. The number of rotatable bonds is 7. The molecule has 1 fully saturated rings. The molecule has 0 aliphatic carbocycles. The minimum atomic E-state index is -0.302. The predicted molar refractivity (Wildman–Crippen MR) is 107 cm³/mol. The van der Waals surface area contributed by atoms with Crippen LogP contribution in [0.4, 0.5) is 4.79 Å². The predicted octanol–water partition coefficient (Wildman–Crippen LogP) is 2.32. The van der Waals surface area contributed by atoms with E-state index in [1.165, 1.54) is 0 Å². The normalized spacial score (nSPS) is 15.7. The van der Waals surface area contributed by atoms with Crippen molar-refractivity contribution in [1.82, 2.24) is 15.4 Å². The first-order valence-corrected chi connectivity index (χ1v) is 10.3. The van der Waals surface area contributed by atoms with Crippen LogP contribution in [0.2, 0.25) is 0 Å². The van der Waals surface area contributed by atoms with E-state index >= 15 is 0 Å². The third-order valence-corrected chi connectivity index (χ3v) is 5.09. The van der Waals surface area contributed by atoms with Crippen molar-refractivity contribution in [2.24, 2.45) is 0 Å². The van der Waals surface area contributed by atoms with Gasteiger partial charge in [-0.3, -0.25) is 4.79 Å². The van der Waals surface area contributed by atoms with Crippen molar-refractivity contribution in [3.63, 3.8) is 0 Å². The SMILES string of the molecule is CCOC(=O)N1CCC(NC(=O)COCc2cc(-c3ccc4c(c3)OCO4)on2)CC1. The number of hydrogen-bond acceptors (Lipinski definition) is 8. The number of nitrogens with zero attached hydrogens (tertiary/aromatic N) is 2. The zero-order valence-electron chi connectivity index (χ0n) is 17.3. The zero-order chi connectivity index (χ0) is 21.6. The minimum absolute atomic E-state index is 0.0198. The van der Waals surface area contributed by atoms with Gasteiger partial charge in [0.2, 0.25) is 12.7 Å². The molecule has 166 valence electrons. The lowest BCUT2D eigenvalue weighted by Gasteiger charge is -2.31. The van der Waals surface area contributed by atoms with Crippen LogP contribution in [0.3, 0.4) is 0 Å². The van der Waals surface area contributed by atoms with Gasteiger partial charge >= 0.3 is 6.09 Å². The van der Waals surface area contributed by atoms with Crippen molar-refractivity contribution >= 4 is 12.0 Å². The second kappa shape index (κ2) is 9.69. The van der Waals surface area contributed by atoms with Crippen LogP contribution in [0.1, 0.15) is 25.5 Å². The van der Waals surface area contributed by atoms with Crippen LogP contribution < -0.4 is 14.8 Å². The monoisotopic (exact) mass is 431 g/mol. The Hall–Kier alpha value is -3.27. The molecule has 0 radical (unpaired) electrons. The van der Waals surface area contributed by atoms with Crippen molar-refractivity contribution in [3.05, 3.63) is 30.0 Å². The molecule has 10 heteroatoms. The van der Waals surface area contributed by atoms with Crippen LogP contribution in [0.15, 0.2) is 28.8 Å². The molecule has 0 spiro atoms. The second-order valence-electron chi connectivity index (χ2n) is 7.27. The highest BCUT2D eigenvalue weighted by Gasteiger charge is 2.24. The van der Waals surface area contributed by atoms with Crippen LogP contribution in [0, 0.1) is 0 Å². The van der Waals surface area contributed by atoms with E-state index in [1.54, 1.807) is 17.9 Å². The molecule has 10 nitrogen and oxygen atoms in total. The quantitative estimate of drug-likeness (QED) is 0.711. The molecule has 2 aliphatic heterocycles. The summed E-state index contributed by atoms with van der Waals surface area (Å²) in [6, 6.07) is 7.29. The van der Waals surface area contributed by atoms with Crippen LogP contribution in [0.25, 0.3) is 11.3 Å². The first kappa shape index (κ1) is 21.0. The number of amides is 2. The van der Waals surface area contributed by atoms with Gasteiger partial charge in [-0.25, -0.2) is 4.79 Å². The molecule has 31 heavy (non-hydrogen) atoms. The van der Waals surface area contributed by atoms with Gasteiger partial charge in [-0.15, -0.1) is 0 Å². The van der Waals surface area contributed by atoms with Gasteiger partial charge in [-0.2, -0.15) is 0 Å². The summed E-state index contributed by atoms with van der Waals surface area (Å²) in [5.41, 5.74) is 1.40. The molecule has 0 bridgehead atoms. The molecule has 2 aromatic rings. The topological polar surface area (TPSA) is 112 Å². The summed E-state index contributed by atoms with van der Waals surface area (Å²) in [6.07, 6.45) is 1.07. The maximum atomic E-state index is 12.1. The summed E-state index contributed by atoms with van der Waals surface area (Å²) in [6.45, 7) is 3.55. The van der Waals surface area contributed by atoms with Crippen LogP contribution in [-0.2, 0) is 20.9 Å². The maximum absolute atomic E-state index is 12.1. The van der Waals surface area contributed by atoms with Crippen LogP contribution >= 0.6 is 0 Å². The number of hydrogen-bond donors (Lipinski definition) is 1. The molecule has 1 aromatic carbocycles. The smallest absolute Gasteiger partial charge is 0.409 e. The third-order valence-electron chi connectivity index (χ3n) is 5.09. The van der Waals surface area contributed by atoms with E-state index in [0.29, 0.717) is 55.5 Å². The van der Waals surface area contributed by atoms with Gasteiger partial charge in [0.1, 0.15) is 12.3 Å². The molecule has 1 saturated heterocycles. The lowest BCUT2D eigenvalue weighted by atomic mass is 10.1. The first-order valence-electron chi connectivity index (χ1n) is 10.3. The standard InChI is InChI=1S/C21H25N3O7/c1-2-28-21(26)24-7-5-15(6-8-24)22-20(25)12-27-11-16-10-18(31-23-16)14-3-4-17-19(9-14)30-13-29-17/h3-4,9-10,15H,2,5-8,11-13H2,1H3,(H,22,25). The second-order valence-corrected chi connectivity index (χ2v) is 7.27. The highest BCUT2D eigenvalue weighted by Crippen LogP contribution is 2.36. The number of likely N-dealkylation sites (tertiary alicyclic amines) is 1. The number of carbonyl (C=O) groups is 2. The molecule has 2 amide bonds. The minimum Gasteiger partial charge on any atom is -0.454 e. The van der Waals surface area contributed by atoms with E-state index in [9.17, 15) is 9.59 Å². The fraction of sp³-hybridized carbons (Fsp3) is 0.476. The van der Waals surface area contributed by atoms with Gasteiger partial charge < -0.3 is 33.7 Å². The number of nitrogens with one attached hydrogen (secondary N) is 1. The van der Waals surface area contributed by atoms with Crippen LogP contribution in [0.5, 0.6) is 11.5 Å². The summed E-state index contributed by atoms with van der Waals surface area (Å²) < 4.78 is 26.5. The Kier molecular flexibility index (Phi) is 6.56. The van der Waals surface area contributed by atoms with Gasteiger partial charge in [0.25, 0.3) is 0 Å². The Labute approximate surface area is 179 Å². The number of benzene rings is 1. The van der Waals surface area contributed by atoms with E-state index in [4.69, 9.17) is 23.5 Å². The van der Waals surface area contributed by atoms with Gasteiger partial charge in [0.15, 0.2) is 17.3 Å². The van der Waals surface area contributed by atoms with E-state index in [1.807, 2.05) is 18.2 Å². The summed E-state index contributed by atoms with van der Waals surface area (Å²) >= 11 is 0. The highest BCUT2D eigenvalue weighted by molar-refractivity contribution is 5.77. The van der Waals surface area contributed by atoms with E-state index < -0.39 is 0 Å². The van der Waals surface area contributed by atoms with E-state index in [2.05, 4.69) is 10.5 Å². The Bertz CT molecular complexity index is 921. The number of fused-ring (bicyclic) bond motifs is 1. The zero-order valence-corrected chi connectivity index (χ0v) is 17.3. The molecule has 0 atom stereocenters. The largest absolute Gasteiger partial charge is 0.454 e. The van der Waals surface area contributed by atoms with Crippen LogP contribution in [-0.4, -0.2) is 61.2 Å². The highest BCUT2D eigenvalue weighted by atomic mass is 16.7. The fourth-order valence-electron chi connectivity index (χ4n) is 3.50. The summed E-state index contributed by atoms with van der Waals surface area (Å²) in [5, 5.41) is 6.92. The van der Waals surface area contributed by atoms with E-state index in [0.717, 1.165) is 5.56 Å².